The van der Waals surface area contributed by atoms with Gasteiger partial charge in [-0.15, -0.1) is 0 Å². The maximum absolute atomic E-state index is 12.6. The van der Waals surface area contributed by atoms with Gasteiger partial charge in [0.1, 0.15) is 11.4 Å². The number of rotatable bonds is 6. The van der Waals surface area contributed by atoms with Crippen molar-refractivity contribution in [1.29, 1.82) is 0 Å². The third-order valence-electron chi connectivity index (χ3n) is 4.30. The van der Waals surface area contributed by atoms with E-state index < -0.39 is 0 Å². The maximum atomic E-state index is 12.6. The number of nitrogens with one attached hydrogen (secondary N) is 2. The number of ether oxygens (including phenoxy) is 3. The molecule has 8 nitrogen and oxygen atoms in total. The molecule has 0 bridgehead atoms. The van der Waals surface area contributed by atoms with Crippen LogP contribution in [0.1, 0.15) is 21.7 Å². The summed E-state index contributed by atoms with van der Waals surface area (Å²) in [6, 6.07) is 14.5. The third kappa shape index (κ3) is 4.37. The predicted octanol–water partition coefficient (Wildman–Crippen LogP) is 3.39. The van der Waals surface area contributed by atoms with Crippen LogP contribution >= 0.6 is 0 Å². The minimum atomic E-state index is -0.324. The fourth-order valence-corrected chi connectivity index (χ4v) is 2.89. The number of aromatic nitrogens is 2. The smallest absolute Gasteiger partial charge is 0.274 e. The molecule has 1 aromatic heterocycles. The standard InChI is InChI=1S/C21H20N4O4/c1-13-8-17(20(26)24-15-4-3-5-16(10-15)27-2)25-21(23-13)22-11-14-6-7-18-19(9-14)29-12-28-18/h3-10H,11-12H2,1-2H3,(H,24,26)(H,22,23,25). The number of amides is 1. The lowest BCUT2D eigenvalue weighted by Crippen LogP contribution is -2.16. The van der Waals surface area contributed by atoms with Gasteiger partial charge in [0.15, 0.2) is 11.5 Å². The van der Waals surface area contributed by atoms with E-state index in [4.69, 9.17) is 14.2 Å². The van der Waals surface area contributed by atoms with E-state index in [1.807, 2.05) is 31.2 Å². The number of fused-ring (bicyclic) bond motifs is 1. The van der Waals surface area contributed by atoms with Crippen molar-refractivity contribution in [1.82, 2.24) is 9.97 Å². The number of hydrogen-bond acceptors (Lipinski definition) is 7. The first-order valence-electron chi connectivity index (χ1n) is 9.04. The fraction of sp³-hybridized carbons (Fsp3) is 0.190. The van der Waals surface area contributed by atoms with Crippen molar-refractivity contribution in [3.8, 4) is 17.2 Å². The highest BCUT2D eigenvalue weighted by Gasteiger charge is 2.14. The number of carbonyl (C=O) groups is 1. The van der Waals surface area contributed by atoms with Crippen molar-refractivity contribution in [2.24, 2.45) is 0 Å². The highest BCUT2D eigenvalue weighted by atomic mass is 16.7. The van der Waals surface area contributed by atoms with Crippen molar-refractivity contribution < 1.29 is 19.0 Å². The third-order valence-corrected chi connectivity index (χ3v) is 4.30. The van der Waals surface area contributed by atoms with Gasteiger partial charge in [-0.1, -0.05) is 12.1 Å². The summed E-state index contributed by atoms with van der Waals surface area (Å²) in [7, 11) is 1.58. The number of methoxy groups -OCH3 is 1. The van der Waals surface area contributed by atoms with E-state index in [0.29, 0.717) is 35.4 Å². The van der Waals surface area contributed by atoms with Gasteiger partial charge < -0.3 is 24.8 Å². The lowest BCUT2D eigenvalue weighted by molar-refractivity contribution is 0.102. The van der Waals surface area contributed by atoms with Crippen LogP contribution in [0.5, 0.6) is 17.2 Å². The predicted molar refractivity (Wildman–Crippen MR) is 108 cm³/mol. The topological polar surface area (TPSA) is 94.6 Å². The molecule has 0 spiro atoms. The molecule has 0 atom stereocenters. The molecule has 2 heterocycles. The molecule has 0 saturated heterocycles. The Hall–Kier alpha value is -3.81. The van der Waals surface area contributed by atoms with Gasteiger partial charge in [0, 0.05) is 24.0 Å². The molecule has 0 saturated carbocycles. The summed E-state index contributed by atoms with van der Waals surface area (Å²) in [5.74, 6) is 2.16. The molecule has 2 aromatic carbocycles. The van der Waals surface area contributed by atoms with Crippen molar-refractivity contribution in [2.75, 3.05) is 24.5 Å². The summed E-state index contributed by atoms with van der Waals surface area (Å²) < 4.78 is 15.9. The summed E-state index contributed by atoms with van der Waals surface area (Å²) in [5, 5.41) is 5.97. The first-order chi connectivity index (χ1) is 14.1. The number of anilines is 2. The van der Waals surface area contributed by atoms with Gasteiger partial charge in [0.05, 0.1) is 7.11 Å². The lowest BCUT2D eigenvalue weighted by atomic mass is 10.2. The van der Waals surface area contributed by atoms with Gasteiger partial charge in [0.2, 0.25) is 12.7 Å². The second-order valence-electron chi connectivity index (χ2n) is 6.45. The maximum Gasteiger partial charge on any atom is 0.274 e. The Morgan fingerprint density at radius 2 is 1.97 bits per heavy atom. The first-order valence-corrected chi connectivity index (χ1v) is 9.04. The van der Waals surface area contributed by atoms with Crippen LogP contribution in [0.15, 0.2) is 48.5 Å². The molecular formula is C21H20N4O4. The molecule has 1 amide bonds. The zero-order valence-electron chi connectivity index (χ0n) is 16.1. The quantitative estimate of drug-likeness (QED) is 0.664. The van der Waals surface area contributed by atoms with E-state index in [1.165, 1.54) is 0 Å². The minimum Gasteiger partial charge on any atom is -0.497 e. The van der Waals surface area contributed by atoms with Gasteiger partial charge in [-0.3, -0.25) is 4.79 Å². The monoisotopic (exact) mass is 392 g/mol. The Morgan fingerprint density at radius 3 is 2.83 bits per heavy atom. The van der Waals surface area contributed by atoms with Crippen molar-refractivity contribution >= 4 is 17.5 Å². The van der Waals surface area contributed by atoms with Crippen LogP contribution in [0.3, 0.4) is 0 Å². The normalized spacial score (nSPS) is 11.8. The molecule has 29 heavy (non-hydrogen) atoms. The average molecular weight is 392 g/mol. The SMILES string of the molecule is COc1cccc(NC(=O)c2cc(C)nc(NCc3ccc4c(c3)OCO4)n2)c1. The summed E-state index contributed by atoms with van der Waals surface area (Å²) in [6.45, 7) is 2.53. The molecule has 1 aliphatic heterocycles. The zero-order chi connectivity index (χ0) is 20.2. The Balaban J connectivity index is 1.46. The first kappa shape index (κ1) is 18.5. The second kappa shape index (κ2) is 8.05. The van der Waals surface area contributed by atoms with Crippen LogP contribution < -0.4 is 24.8 Å². The van der Waals surface area contributed by atoms with E-state index in [-0.39, 0.29) is 18.4 Å². The molecule has 8 heteroatoms. The van der Waals surface area contributed by atoms with Gasteiger partial charge >= 0.3 is 0 Å². The molecule has 0 unspecified atom stereocenters. The zero-order valence-corrected chi connectivity index (χ0v) is 16.1. The van der Waals surface area contributed by atoms with Crippen LogP contribution in [0.4, 0.5) is 11.6 Å². The number of carbonyl (C=O) groups excluding carboxylic acids is 1. The van der Waals surface area contributed by atoms with Gasteiger partial charge in [-0.05, 0) is 42.8 Å². The molecule has 0 radical (unpaired) electrons. The molecule has 3 aromatic rings. The summed E-state index contributed by atoms with van der Waals surface area (Å²) in [4.78, 5) is 21.3. The Labute approximate surface area is 167 Å². The van der Waals surface area contributed by atoms with Crippen molar-refractivity contribution in [3.63, 3.8) is 0 Å². The highest BCUT2D eigenvalue weighted by Crippen LogP contribution is 2.32. The molecule has 1 aliphatic rings. The van der Waals surface area contributed by atoms with Crippen LogP contribution in [-0.2, 0) is 6.54 Å². The summed E-state index contributed by atoms with van der Waals surface area (Å²) >= 11 is 0. The fourth-order valence-electron chi connectivity index (χ4n) is 2.89. The van der Waals surface area contributed by atoms with Crippen LogP contribution in [-0.4, -0.2) is 29.8 Å². The minimum absolute atomic E-state index is 0.235. The highest BCUT2D eigenvalue weighted by molar-refractivity contribution is 6.03. The van der Waals surface area contributed by atoms with E-state index in [0.717, 1.165) is 11.3 Å². The molecular weight excluding hydrogens is 372 g/mol. The molecule has 0 fully saturated rings. The number of benzene rings is 2. The van der Waals surface area contributed by atoms with E-state index in [1.54, 1.807) is 31.4 Å². The van der Waals surface area contributed by atoms with Gasteiger partial charge in [-0.25, -0.2) is 9.97 Å². The van der Waals surface area contributed by atoms with Crippen molar-refractivity contribution in [3.05, 3.63) is 65.5 Å². The molecule has 4 rings (SSSR count). The lowest BCUT2D eigenvalue weighted by Gasteiger charge is -2.10. The number of aryl methyl sites for hydroxylation is 1. The Kier molecular flexibility index (Phi) is 5.15. The summed E-state index contributed by atoms with van der Waals surface area (Å²) in [5.41, 5.74) is 2.57. The number of nitrogens with zero attached hydrogens (tertiary/aromatic N) is 2. The Morgan fingerprint density at radius 1 is 1.10 bits per heavy atom. The number of hydrogen-bond donors (Lipinski definition) is 2. The van der Waals surface area contributed by atoms with Crippen LogP contribution in [0.2, 0.25) is 0 Å². The average Bonchev–Trinajstić information content (AvgIpc) is 3.20. The van der Waals surface area contributed by atoms with Crippen LogP contribution in [0.25, 0.3) is 0 Å². The van der Waals surface area contributed by atoms with Crippen molar-refractivity contribution in [2.45, 2.75) is 13.5 Å². The molecule has 0 aliphatic carbocycles. The second-order valence-corrected chi connectivity index (χ2v) is 6.45. The van der Waals surface area contributed by atoms with E-state index in [9.17, 15) is 4.79 Å². The van der Waals surface area contributed by atoms with Crippen LogP contribution in [0, 0.1) is 6.92 Å². The van der Waals surface area contributed by atoms with E-state index in [2.05, 4.69) is 20.6 Å². The van der Waals surface area contributed by atoms with E-state index >= 15 is 0 Å². The molecule has 148 valence electrons. The van der Waals surface area contributed by atoms with Gasteiger partial charge in [0.25, 0.3) is 5.91 Å². The summed E-state index contributed by atoms with van der Waals surface area (Å²) in [6.07, 6.45) is 0. The molecule has 2 N–H and O–H groups in total. The van der Waals surface area contributed by atoms with Gasteiger partial charge in [-0.2, -0.15) is 0 Å². The Bertz CT molecular complexity index is 1050. The largest absolute Gasteiger partial charge is 0.497 e.